The lowest BCUT2D eigenvalue weighted by molar-refractivity contribution is 0.0730. The fraction of sp³-hybridized carbons (Fsp3) is 0.364. The van der Waals surface area contributed by atoms with Crippen LogP contribution in [0.25, 0.3) is 0 Å². The van der Waals surface area contributed by atoms with E-state index in [1.165, 1.54) is 10.4 Å². The third-order valence-electron chi connectivity index (χ3n) is 5.21. The van der Waals surface area contributed by atoms with Gasteiger partial charge in [-0.15, -0.1) is 0 Å². The maximum Gasteiger partial charge on any atom is 0.269 e. The fourth-order valence-electron chi connectivity index (χ4n) is 3.30. The Hall–Kier alpha value is -2.75. The largest absolute Gasteiger partial charge is 0.379 e. The van der Waals surface area contributed by atoms with Crippen LogP contribution in [-0.4, -0.2) is 50.8 Å². The molecule has 1 saturated heterocycles. The molecule has 0 bridgehead atoms. The number of hydrazine groups is 1. The van der Waals surface area contributed by atoms with Gasteiger partial charge < -0.3 is 4.74 Å². The number of morpholine rings is 1. The third kappa shape index (κ3) is 5.30. The number of rotatable bonds is 6. The molecule has 0 aliphatic carbocycles. The molecule has 2 aromatic rings. The van der Waals surface area contributed by atoms with E-state index in [0.717, 1.165) is 12.0 Å². The van der Waals surface area contributed by atoms with Crippen LogP contribution in [0.2, 0.25) is 0 Å². The molecule has 2 N–H and O–H groups in total. The Kier molecular flexibility index (Phi) is 7.42. The number of carbonyl (C=O) groups excluding carboxylic acids is 2. The van der Waals surface area contributed by atoms with Crippen molar-refractivity contribution in [3.8, 4) is 0 Å². The lowest BCUT2D eigenvalue weighted by Gasteiger charge is -2.27. The smallest absolute Gasteiger partial charge is 0.269 e. The number of carbonyl (C=O) groups is 2. The highest BCUT2D eigenvalue weighted by Gasteiger charge is 2.29. The van der Waals surface area contributed by atoms with E-state index in [0.29, 0.717) is 30.8 Å². The molecule has 9 heteroatoms. The van der Waals surface area contributed by atoms with Gasteiger partial charge in [-0.1, -0.05) is 32.0 Å². The summed E-state index contributed by atoms with van der Waals surface area (Å²) in [6.45, 7) is 5.10. The van der Waals surface area contributed by atoms with Crippen LogP contribution in [0.3, 0.4) is 0 Å². The Balaban J connectivity index is 1.75. The van der Waals surface area contributed by atoms with Crippen LogP contribution in [-0.2, 0) is 27.6 Å². The van der Waals surface area contributed by atoms with E-state index in [-0.39, 0.29) is 23.5 Å². The highest BCUT2D eigenvalue weighted by molar-refractivity contribution is 7.89. The van der Waals surface area contributed by atoms with E-state index in [4.69, 9.17) is 4.74 Å². The van der Waals surface area contributed by atoms with E-state index in [9.17, 15) is 18.0 Å². The molecule has 0 unspecified atom stereocenters. The maximum absolute atomic E-state index is 13.1. The lowest BCUT2D eigenvalue weighted by Crippen LogP contribution is -2.42. The molecule has 2 aromatic carbocycles. The molecule has 3 rings (SSSR count). The summed E-state index contributed by atoms with van der Waals surface area (Å²) >= 11 is 0. The van der Waals surface area contributed by atoms with Gasteiger partial charge >= 0.3 is 0 Å². The second-order valence-electron chi connectivity index (χ2n) is 7.15. The van der Waals surface area contributed by atoms with Crippen molar-refractivity contribution in [3.05, 3.63) is 64.7 Å². The van der Waals surface area contributed by atoms with Gasteiger partial charge in [0.15, 0.2) is 0 Å². The molecule has 8 nitrogen and oxygen atoms in total. The number of nitrogens with zero attached hydrogens (tertiary/aromatic N) is 1. The SMILES string of the molecule is CCc1ccc(C(=O)NNC(=O)c2ccc(CC)c(S(=O)(=O)N3CCOCC3)c2)cc1. The number of aryl methyl sites for hydroxylation is 2. The van der Waals surface area contributed by atoms with Gasteiger partial charge in [0.2, 0.25) is 10.0 Å². The summed E-state index contributed by atoms with van der Waals surface area (Å²) in [6, 6.07) is 11.6. The Labute approximate surface area is 182 Å². The normalized spacial score (nSPS) is 14.8. The highest BCUT2D eigenvalue weighted by atomic mass is 32.2. The minimum Gasteiger partial charge on any atom is -0.379 e. The van der Waals surface area contributed by atoms with Gasteiger partial charge in [-0.25, -0.2) is 8.42 Å². The number of sulfonamides is 1. The predicted octanol–water partition coefficient (Wildman–Crippen LogP) is 1.91. The maximum atomic E-state index is 13.1. The fourth-order valence-corrected chi connectivity index (χ4v) is 5.03. The first-order valence-corrected chi connectivity index (χ1v) is 11.7. The monoisotopic (exact) mass is 445 g/mol. The van der Waals surface area contributed by atoms with Crippen molar-refractivity contribution >= 4 is 21.8 Å². The number of nitrogens with one attached hydrogen (secondary N) is 2. The zero-order valence-corrected chi connectivity index (χ0v) is 18.5. The van der Waals surface area contributed by atoms with E-state index in [2.05, 4.69) is 10.9 Å². The zero-order valence-electron chi connectivity index (χ0n) is 17.7. The number of amides is 2. The molecule has 1 fully saturated rings. The Morgan fingerprint density at radius 1 is 0.903 bits per heavy atom. The quantitative estimate of drug-likeness (QED) is 0.661. The molecule has 0 saturated carbocycles. The molecular weight excluding hydrogens is 418 g/mol. The van der Waals surface area contributed by atoms with Crippen molar-refractivity contribution < 1.29 is 22.7 Å². The van der Waals surface area contributed by atoms with Crippen molar-refractivity contribution in [1.29, 1.82) is 0 Å². The van der Waals surface area contributed by atoms with Crippen molar-refractivity contribution in [2.45, 2.75) is 31.6 Å². The van der Waals surface area contributed by atoms with Crippen molar-refractivity contribution in [1.82, 2.24) is 15.2 Å². The lowest BCUT2D eigenvalue weighted by atomic mass is 10.1. The number of benzene rings is 2. The molecule has 31 heavy (non-hydrogen) atoms. The summed E-state index contributed by atoms with van der Waals surface area (Å²) < 4.78 is 32.8. The average molecular weight is 446 g/mol. The molecule has 1 aliphatic rings. The van der Waals surface area contributed by atoms with Gasteiger partial charge in [0.1, 0.15) is 0 Å². The molecule has 1 aliphatic heterocycles. The van der Waals surface area contributed by atoms with Crippen LogP contribution in [0.5, 0.6) is 0 Å². The van der Waals surface area contributed by atoms with E-state index < -0.39 is 21.8 Å². The summed E-state index contributed by atoms with van der Waals surface area (Å²) in [6.07, 6.45) is 1.37. The van der Waals surface area contributed by atoms with Crippen LogP contribution < -0.4 is 10.9 Å². The Morgan fingerprint density at radius 2 is 1.48 bits per heavy atom. The second kappa shape index (κ2) is 10.0. The minimum atomic E-state index is -3.76. The predicted molar refractivity (Wildman–Crippen MR) is 116 cm³/mol. The van der Waals surface area contributed by atoms with Crippen LogP contribution in [0.15, 0.2) is 47.4 Å². The Bertz CT molecular complexity index is 1050. The van der Waals surface area contributed by atoms with Crippen LogP contribution >= 0.6 is 0 Å². The topological polar surface area (TPSA) is 105 Å². The van der Waals surface area contributed by atoms with E-state index in [1.807, 2.05) is 26.0 Å². The summed E-state index contributed by atoms with van der Waals surface area (Å²) in [7, 11) is -3.76. The van der Waals surface area contributed by atoms with Gasteiger partial charge in [0.25, 0.3) is 11.8 Å². The molecule has 166 valence electrons. The van der Waals surface area contributed by atoms with Gasteiger partial charge in [-0.2, -0.15) is 4.31 Å². The standard InChI is InChI=1S/C22H27N3O5S/c1-3-16-5-7-18(8-6-16)21(26)23-24-22(27)19-10-9-17(4-2)20(15-19)31(28,29)25-11-13-30-14-12-25/h5-10,15H,3-4,11-14H2,1-2H3,(H,23,26)(H,24,27). The molecule has 0 spiro atoms. The Morgan fingerprint density at radius 3 is 2.06 bits per heavy atom. The first-order chi connectivity index (χ1) is 14.9. The number of ether oxygens (including phenoxy) is 1. The summed E-state index contributed by atoms with van der Waals surface area (Å²) in [4.78, 5) is 25.0. The summed E-state index contributed by atoms with van der Waals surface area (Å²) in [5, 5.41) is 0. The van der Waals surface area contributed by atoms with Crippen molar-refractivity contribution in [3.63, 3.8) is 0 Å². The van der Waals surface area contributed by atoms with Gasteiger partial charge in [-0.3, -0.25) is 20.4 Å². The first-order valence-electron chi connectivity index (χ1n) is 10.3. The van der Waals surface area contributed by atoms with Crippen molar-refractivity contribution in [2.75, 3.05) is 26.3 Å². The molecule has 2 amide bonds. The van der Waals surface area contributed by atoms with E-state index in [1.54, 1.807) is 24.3 Å². The van der Waals surface area contributed by atoms with E-state index >= 15 is 0 Å². The van der Waals surface area contributed by atoms with Gasteiger partial charge in [-0.05, 0) is 48.2 Å². The zero-order chi connectivity index (χ0) is 22.4. The van der Waals surface area contributed by atoms with Gasteiger partial charge in [0, 0.05) is 24.2 Å². The third-order valence-corrected chi connectivity index (χ3v) is 7.19. The number of hydrogen-bond donors (Lipinski definition) is 2. The van der Waals surface area contributed by atoms with Gasteiger partial charge in [0.05, 0.1) is 18.1 Å². The first kappa shape index (κ1) is 22.9. The molecule has 1 heterocycles. The molecule has 0 atom stereocenters. The highest BCUT2D eigenvalue weighted by Crippen LogP contribution is 2.23. The summed E-state index contributed by atoms with van der Waals surface area (Å²) in [5.74, 6) is -1.05. The summed E-state index contributed by atoms with van der Waals surface area (Å²) in [5.41, 5.74) is 7.01. The van der Waals surface area contributed by atoms with Crippen LogP contribution in [0.1, 0.15) is 45.7 Å². The van der Waals surface area contributed by atoms with Crippen LogP contribution in [0.4, 0.5) is 0 Å². The average Bonchev–Trinajstić information content (AvgIpc) is 2.82. The molecular formula is C22H27N3O5S. The number of hydrogen-bond acceptors (Lipinski definition) is 5. The van der Waals surface area contributed by atoms with Crippen LogP contribution in [0, 0.1) is 0 Å². The molecule has 0 aromatic heterocycles. The molecule has 0 radical (unpaired) electrons. The van der Waals surface area contributed by atoms with Crippen molar-refractivity contribution in [2.24, 2.45) is 0 Å². The second-order valence-corrected chi connectivity index (χ2v) is 9.06. The minimum absolute atomic E-state index is 0.103.